The third-order valence-corrected chi connectivity index (χ3v) is 2.77. The van der Waals surface area contributed by atoms with Crippen molar-refractivity contribution in [2.45, 2.75) is 0 Å². The molecule has 0 amide bonds. The zero-order valence-electron chi connectivity index (χ0n) is 12.1. The Hall–Kier alpha value is 1.25. The van der Waals surface area contributed by atoms with Crippen molar-refractivity contribution < 1.29 is 39.0 Å². The van der Waals surface area contributed by atoms with E-state index in [0.29, 0.717) is 0 Å². The van der Waals surface area contributed by atoms with E-state index in [4.69, 9.17) is 0 Å². The molecule has 4 rings (SSSR count). The predicted octanol–water partition coefficient (Wildman–Crippen LogP) is 3.83. The van der Waals surface area contributed by atoms with Crippen LogP contribution in [0.25, 0.3) is 0 Å². The first-order chi connectivity index (χ1) is 9.97. The molecule has 0 nitrogen and oxygen atoms in total. The second-order valence-corrected chi connectivity index (χ2v) is 4.27. The van der Waals surface area contributed by atoms with Crippen LogP contribution in [0.2, 0.25) is 0 Å². The summed E-state index contributed by atoms with van der Waals surface area (Å²) in [7, 11) is 0. The second-order valence-electron chi connectivity index (χ2n) is 4.27. The summed E-state index contributed by atoms with van der Waals surface area (Å²) >= 11 is 0. The molecule has 0 saturated heterocycles. The van der Waals surface area contributed by atoms with Crippen LogP contribution < -0.4 is 0 Å². The molecule has 22 heavy (non-hydrogen) atoms. The van der Waals surface area contributed by atoms with Crippen LogP contribution in [0.1, 0.15) is 0 Å². The van der Waals surface area contributed by atoms with E-state index in [1.165, 1.54) is 11.8 Å². The summed E-state index contributed by atoms with van der Waals surface area (Å²) in [5, 5.41) is 0. The first kappa shape index (κ1) is 23.2. The van der Waals surface area contributed by atoms with Crippen molar-refractivity contribution in [3.05, 3.63) is 127 Å². The molecule has 0 aliphatic heterocycles. The van der Waals surface area contributed by atoms with E-state index in [1.807, 2.05) is 64.2 Å². The van der Waals surface area contributed by atoms with Gasteiger partial charge in [-0.3, -0.25) is 0 Å². The van der Waals surface area contributed by atoms with E-state index in [0.717, 1.165) is 0 Å². The molecule has 0 aromatic heterocycles. The Morgan fingerprint density at radius 2 is 0.455 bits per heavy atom. The van der Waals surface area contributed by atoms with E-state index in [9.17, 15) is 0 Å². The first-order valence-corrected chi connectivity index (χ1v) is 6.74. The minimum atomic E-state index is 0. The molecule has 0 atom stereocenters. The third-order valence-electron chi connectivity index (χ3n) is 2.77. The van der Waals surface area contributed by atoms with Gasteiger partial charge in [0.2, 0.25) is 0 Å². The molecule has 4 saturated carbocycles. The Kier molecular flexibility index (Phi) is 16.6. The van der Waals surface area contributed by atoms with Crippen molar-refractivity contribution in [1.29, 1.82) is 0 Å². The minimum absolute atomic E-state index is 0. The van der Waals surface area contributed by atoms with Gasteiger partial charge in [-0.15, -0.1) is 0 Å². The van der Waals surface area contributed by atoms with Gasteiger partial charge in [0.1, 0.15) is 0 Å². The summed E-state index contributed by atoms with van der Waals surface area (Å²) in [6.07, 6.45) is 36.7. The van der Waals surface area contributed by atoms with Gasteiger partial charge in [0.15, 0.2) is 0 Å². The fourth-order valence-corrected chi connectivity index (χ4v) is 1.77. The van der Waals surface area contributed by atoms with Gasteiger partial charge in [0.25, 0.3) is 0 Å². The molecular formula is C20H18Ru2+4. The van der Waals surface area contributed by atoms with E-state index >= 15 is 0 Å². The Balaban J connectivity index is 0.000000316. The molecule has 110 valence electrons. The van der Waals surface area contributed by atoms with Crippen LogP contribution in [0.4, 0.5) is 0 Å². The van der Waals surface area contributed by atoms with Crippen LogP contribution in [-0.2, 0) is 39.0 Å². The first-order valence-electron chi connectivity index (χ1n) is 6.74. The van der Waals surface area contributed by atoms with Gasteiger partial charge in [-0.25, -0.2) is 0 Å². The van der Waals surface area contributed by atoms with Crippen molar-refractivity contribution in [3.8, 4) is 0 Å². The second kappa shape index (κ2) is 15.8. The van der Waals surface area contributed by atoms with Crippen molar-refractivity contribution in [2.24, 2.45) is 0 Å². The monoisotopic (exact) mass is 462 g/mol. The molecule has 0 aromatic carbocycles. The molecule has 4 fully saturated rings. The summed E-state index contributed by atoms with van der Waals surface area (Å²) in [5.41, 5.74) is 0. The summed E-state index contributed by atoms with van der Waals surface area (Å²) in [6.45, 7) is 0. The average molecular weight is 461 g/mol. The van der Waals surface area contributed by atoms with E-state index in [1.54, 1.807) is 0 Å². The van der Waals surface area contributed by atoms with Gasteiger partial charge in [-0.05, 0) is 127 Å². The minimum Gasteiger partial charge on any atom is -0.0312 e. The van der Waals surface area contributed by atoms with E-state index in [2.05, 4.69) is 51.4 Å². The number of rotatable bonds is 1. The fraction of sp³-hybridized carbons (Fsp3) is 0. The molecule has 0 unspecified atom stereocenters. The largest absolute Gasteiger partial charge is 2.00 e. The maximum Gasteiger partial charge on any atom is 2.00 e. The Morgan fingerprint density at radius 3 is 0.636 bits per heavy atom. The molecule has 4 aliphatic rings. The Bertz CT molecular complexity index is 171. The van der Waals surface area contributed by atoms with E-state index < -0.39 is 0 Å². The Morgan fingerprint density at radius 1 is 0.273 bits per heavy atom. The van der Waals surface area contributed by atoms with Crippen LogP contribution in [-0.4, -0.2) is 0 Å². The van der Waals surface area contributed by atoms with Crippen LogP contribution in [0.5, 0.6) is 0 Å². The van der Waals surface area contributed by atoms with Gasteiger partial charge in [0, 0.05) is 0 Å². The van der Waals surface area contributed by atoms with Crippen molar-refractivity contribution >= 4 is 0 Å². The summed E-state index contributed by atoms with van der Waals surface area (Å²) in [6, 6.07) is 0. The summed E-state index contributed by atoms with van der Waals surface area (Å²) < 4.78 is 0. The summed E-state index contributed by atoms with van der Waals surface area (Å²) in [4.78, 5) is 0. The summed E-state index contributed by atoms with van der Waals surface area (Å²) in [5.74, 6) is 2.62. The van der Waals surface area contributed by atoms with Gasteiger partial charge in [-0.2, -0.15) is 0 Å². The van der Waals surface area contributed by atoms with Crippen molar-refractivity contribution in [3.63, 3.8) is 0 Å². The molecule has 0 aromatic rings. The Labute approximate surface area is 165 Å². The van der Waals surface area contributed by atoms with Crippen LogP contribution in [0.3, 0.4) is 0 Å². The van der Waals surface area contributed by atoms with Crippen molar-refractivity contribution in [1.82, 2.24) is 0 Å². The van der Waals surface area contributed by atoms with E-state index in [-0.39, 0.29) is 39.0 Å². The third kappa shape index (κ3) is 10.2. The standard InChI is InChI=1S/C10H8.2C5H5.2Ru/c1-2-6-9(5-1)10-7-3-4-8-10;2*1-2-4-5-3-1;;/h1-8H;2*1-5H;;/q;;;2*+2. The zero-order valence-corrected chi connectivity index (χ0v) is 15.6. The topological polar surface area (TPSA) is 0 Å². The van der Waals surface area contributed by atoms with Gasteiger partial charge in [0.05, 0.1) is 0 Å². The predicted molar refractivity (Wildman–Crippen MR) is 83.9 cm³/mol. The molecule has 0 bridgehead atoms. The molecule has 0 spiro atoms. The number of hydrogen-bond donors (Lipinski definition) is 0. The van der Waals surface area contributed by atoms with Crippen molar-refractivity contribution in [2.75, 3.05) is 0 Å². The smallest absolute Gasteiger partial charge is 0.0312 e. The molecule has 20 radical (unpaired) electrons. The SMILES string of the molecule is [CH]1[CH][CH][CH][CH]1.[CH]1[CH][CH][CH][CH]1.[CH]1[CH][CH][C]([C]2[CH][CH][CH][CH]2)[CH]1.[Ru+2].[Ru+2]. The molecule has 4 aliphatic carbocycles. The maximum absolute atomic E-state index is 2.12. The van der Waals surface area contributed by atoms with Crippen LogP contribution in [0.15, 0.2) is 0 Å². The van der Waals surface area contributed by atoms with Gasteiger partial charge in [-0.1, -0.05) is 0 Å². The normalized spacial score (nSPS) is 24.5. The van der Waals surface area contributed by atoms with Crippen LogP contribution in [0, 0.1) is 127 Å². The number of hydrogen-bond acceptors (Lipinski definition) is 0. The molecule has 2 heteroatoms. The molecule has 0 N–H and O–H groups in total. The zero-order chi connectivity index (χ0) is 13.9. The molecular weight excluding hydrogens is 442 g/mol. The maximum atomic E-state index is 2.12. The fourth-order valence-electron chi connectivity index (χ4n) is 1.77. The van der Waals surface area contributed by atoms with Gasteiger partial charge >= 0.3 is 39.0 Å². The molecule has 0 heterocycles. The van der Waals surface area contributed by atoms with Crippen LogP contribution >= 0.6 is 0 Å². The average Bonchev–Trinajstić information content (AvgIpc) is 3.35. The quantitative estimate of drug-likeness (QED) is 0.522. The van der Waals surface area contributed by atoms with Gasteiger partial charge < -0.3 is 0 Å².